The third-order valence-electron chi connectivity index (χ3n) is 2.33. The maximum atomic E-state index is 10.7. The molecule has 1 atom stereocenters. The average Bonchev–Trinajstić information content (AvgIpc) is 2.77. The largest absolute Gasteiger partial charge is 0.326 e. The van der Waals surface area contributed by atoms with E-state index in [0.29, 0.717) is 17.9 Å². The van der Waals surface area contributed by atoms with Gasteiger partial charge < -0.3 is 5.73 Å². The summed E-state index contributed by atoms with van der Waals surface area (Å²) in [5.41, 5.74) is 6.30. The van der Waals surface area contributed by atoms with Crippen molar-refractivity contribution in [3.63, 3.8) is 0 Å². The zero-order valence-electron chi connectivity index (χ0n) is 9.85. The Morgan fingerprint density at radius 1 is 1.56 bits per heavy atom. The van der Waals surface area contributed by atoms with Crippen molar-refractivity contribution in [2.75, 3.05) is 0 Å². The number of hydrogen-bond donors (Lipinski definition) is 1. The van der Waals surface area contributed by atoms with Gasteiger partial charge in [0.1, 0.15) is 6.33 Å². The van der Waals surface area contributed by atoms with Crippen LogP contribution < -0.4 is 5.73 Å². The third-order valence-corrected chi connectivity index (χ3v) is 2.33. The number of nitro groups is 1. The van der Waals surface area contributed by atoms with Gasteiger partial charge in [-0.1, -0.05) is 12.1 Å². The molecule has 94 valence electrons. The lowest BCUT2D eigenvalue weighted by Gasteiger charge is -2.02. The number of non-ortho nitro benzene ring substituents is 1. The number of nitrogens with two attached hydrogens (primary N) is 1. The SMILES string of the molecule is CC(N)Cn1cnc(-c2cccc([N+](=O)[O-])c2)n1. The summed E-state index contributed by atoms with van der Waals surface area (Å²) in [6, 6.07) is 6.20. The summed E-state index contributed by atoms with van der Waals surface area (Å²) in [7, 11) is 0. The minimum absolute atomic E-state index is 0.0235. The van der Waals surface area contributed by atoms with Gasteiger partial charge in [0.15, 0.2) is 5.82 Å². The normalized spacial score (nSPS) is 12.3. The molecule has 7 nitrogen and oxygen atoms in total. The first-order chi connectivity index (χ1) is 8.56. The first-order valence-electron chi connectivity index (χ1n) is 5.46. The Balaban J connectivity index is 2.28. The molecule has 0 aliphatic carbocycles. The zero-order chi connectivity index (χ0) is 13.1. The van der Waals surface area contributed by atoms with E-state index in [1.165, 1.54) is 12.1 Å². The van der Waals surface area contributed by atoms with Crippen LogP contribution in [0.5, 0.6) is 0 Å². The highest BCUT2D eigenvalue weighted by molar-refractivity contribution is 5.58. The molecular formula is C11H13N5O2. The van der Waals surface area contributed by atoms with E-state index in [9.17, 15) is 10.1 Å². The number of nitro benzene ring substituents is 1. The van der Waals surface area contributed by atoms with Gasteiger partial charge in [-0.15, -0.1) is 0 Å². The minimum Gasteiger partial charge on any atom is -0.326 e. The topological polar surface area (TPSA) is 99.9 Å². The lowest BCUT2D eigenvalue weighted by atomic mass is 10.2. The summed E-state index contributed by atoms with van der Waals surface area (Å²) in [6.07, 6.45) is 1.57. The molecule has 2 aromatic rings. The van der Waals surface area contributed by atoms with Crippen LogP contribution in [0.25, 0.3) is 11.4 Å². The summed E-state index contributed by atoms with van der Waals surface area (Å²) >= 11 is 0. The summed E-state index contributed by atoms with van der Waals surface area (Å²) in [6.45, 7) is 2.43. The molecule has 0 saturated carbocycles. The second-order valence-corrected chi connectivity index (χ2v) is 4.07. The van der Waals surface area contributed by atoms with Crippen LogP contribution in [-0.4, -0.2) is 25.7 Å². The van der Waals surface area contributed by atoms with E-state index in [1.807, 2.05) is 6.92 Å². The number of nitrogens with zero attached hydrogens (tertiary/aromatic N) is 4. The summed E-state index contributed by atoms with van der Waals surface area (Å²) < 4.78 is 1.62. The number of hydrogen-bond acceptors (Lipinski definition) is 5. The fraction of sp³-hybridized carbons (Fsp3) is 0.273. The molecule has 1 unspecified atom stereocenters. The van der Waals surface area contributed by atoms with Crippen molar-refractivity contribution in [3.8, 4) is 11.4 Å². The predicted molar refractivity (Wildman–Crippen MR) is 65.8 cm³/mol. The number of aromatic nitrogens is 3. The Morgan fingerprint density at radius 2 is 2.33 bits per heavy atom. The van der Waals surface area contributed by atoms with Gasteiger partial charge in [-0.05, 0) is 6.92 Å². The number of benzene rings is 1. The van der Waals surface area contributed by atoms with Crippen molar-refractivity contribution in [3.05, 3.63) is 40.7 Å². The molecule has 1 aromatic heterocycles. The molecule has 0 spiro atoms. The van der Waals surface area contributed by atoms with E-state index in [0.717, 1.165) is 0 Å². The van der Waals surface area contributed by atoms with Crippen LogP contribution >= 0.6 is 0 Å². The molecule has 7 heteroatoms. The quantitative estimate of drug-likeness (QED) is 0.646. The zero-order valence-corrected chi connectivity index (χ0v) is 9.85. The second kappa shape index (κ2) is 4.92. The molecular weight excluding hydrogens is 234 g/mol. The molecule has 2 rings (SSSR count). The smallest absolute Gasteiger partial charge is 0.270 e. The van der Waals surface area contributed by atoms with E-state index in [4.69, 9.17) is 5.73 Å². The lowest BCUT2D eigenvalue weighted by molar-refractivity contribution is -0.384. The molecule has 1 heterocycles. The van der Waals surface area contributed by atoms with E-state index < -0.39 is 4.92 Å². The van der Waals surface area contributed by atoms with E-state index >= 15 is 0 Å². The van der Waals surface area contributed by atoms with E-state index in [-0.39, 0.29) is 11.7 Å². The van der Waals surface area contributed by atoms with Crippen LogP contribution in [0.1, 0.15) is 6.92 Å². The van der Waals surface area contributed by atoms with Crippen LogP contribution in [0.2, 0.25) is 0 Å². The summed E-state index contributed by atoms with van der Waals surface area (Å²) in [5.74, 6) is 0.458. The Bertz CT molecular complexity index is 564. The van der Waals surface area contributed by atoms with Gasteiger partial charge in [0.05, 0.1) is 11.5 Å². The van der Waals surface area contributed by atoms with Crippen molar-refractivity contribution in [1.82, 2.24) is 14.8 Å². The van der Waals surface area contributed by atoms with Gasteiger partial charge in [-0.2, -0.15) is 5.10 Å². The van der Waals surface area contributed by atoms with Crippen molar-refractivity contribution in [2.24, 2.45) is 5.73 Å². The second-order valence-electron chi connectivity index (χ2n) is 4.07. The Morgan fingerprint density at radius 3 is 3.00 bits per heavy atom. The first-order valence-corrected chi connectivity index (χ1v) is 5.46. The molecule has 18 heavy (non-hydrogen) atoms. The van der Waals surface area contributed by atoms with Crippen molar-refractivity contribution in [2.45, 2.75) is 19.5 Å². The number of rotatable bonds is 4. The Hall–Kier alpha value is -2.28. The van der Waals surface area contributed by atoms with Crippen LogP contribution in [0.15, 0.2) is 30.6 Å². The van der Waals surface area contributed by atoms with Gasteiger partial charge in [0, 0.05) is 23.7 Å². The molecule has 0 aliphatic heterocycles. The molecule has 0 fully saturated rings. The molecule has 1 aromatic carbocycles. The van der Waals surface area contributed by atoms with E-state index in [2.05, 4.69) is 10.1 Å². The Labute approximate surface area is 103 Å². The van der Waals surface area contributed by atoms with Gasteiger partial charge in [-0.3, -0.25) is 14.8 Å². The maximum Gasteiger partial charge on any atom is 0.270 e. The molecule has 2 N–H and O–H groups in total. The molecule has 0 aliphatic rings. The fourth-order valence-electron chi connectivity index (χ4n) is 1.57. The van der Waals surface area contributed by atoms with Crippen LogP contribution in [0.4, 0.5) is 5.69 Å². The molecule has 0 saturated heterocycles. The average molecular weight is 247 g/mol. The summed E-state index contributed by atoms with van der Waals surface area (Å²) in [4.78, 5) is 14.3. The lowest BCUT2D eigenvalue weighted by Crippen LogP contribution is -2.22. The van der Waals surface area contributed by atoms with Crippen LogP contribution in [0, 0.1) is 10.1 Å². The van der Waals surface area contributed by atoms with Crippen LogP contribution in [-0.2, 0) is 6.54 Å². The summed E-state index contributed by atoms with van der Waals surface area (Å²) in [5, 5.41) is 14.9. The fourth-order valence-corrected chi connectivity index (χ4v) is 1.57. The predicted octanol–water partition coefficient (Wildman–Crippen LogP) is 1.20. The van der Waals surface area contributed by atoms with Crippen LogP contribution in [0.3, 0.4) is 0 Å². The van der Waals surface area contributed by atoms with Crippen molar-refractivity contribution in [1.29, 1.82) is 0 Å². The van der Waals surface area contributed by atoms with Gasteiger partial charge >= 0.3 is 0 Å². The van der Waals surface area contributed by atoms with Gasteiger partial charge in [-0.25, -0.2) is 4.98 Å². The van der Waals surface area contributed by atoms with Gasteiger partial charge in [0.25, 0.3) is 5.69 Å². The maximum absolute atomic E-state index is 10.7. The highest BCUT2D eigenvalue weighted by Crippen LogP contribution is 2.20. The standard InChI is InChI=1S/C11H13N5O2/c1-8(12)6-15-7-13-11(14-15)9-3-2-4-10(5-9)16(17)18/h2-5,7-8H,6,12H2,1H3. The first kappa shape index (κ1) is 12.2. The Kier molecular flexibility index (Phi) is 3.33. The van der Waals surface area contributed by atoms with E-state index in [1.54, 1.807) is 23.1 Å². The monoisotopic (exact) mass is 247 g/mol. The van der Waals surface area contributed by atoms with Gasteiger partial charge in [0.2, 0.25) is 0 Å². The molecule has 0 bridgehead atoms. The minimum atomic E-state index is -0.442. The molecule has 0 radical (unpaired) electrons. The highest BCUT2D eigenvalue weighted by atomic mass is 16.6. The third kappa shape index (κ3) is 2.69. The molecule has 0 amide bonds. The highest BCUT2D eigenvalue weighted by Gasteiger charge is 2.10. The van der Waals surface area contributed by atoms with Crippen molar-refractivity contribution >= 4 is 5.69 Å². The van der Waals surface area contributed by atoms with Crippen molar-refractivity contribution < 1.29 is 4.92 Å².